The Kier molecular flexibility index (Phi) is 6.94. The van der Waals surface area contributed by atoms with Crippen LogP contribution in [0, 0.1) is 0 Å². The van der Waals surface area contributed by atoms with Gasteiger partial charge in [-0.3, -0.25) is 14.4 Å². The number of rotatable bonds is 6. The predicted molar refractivity (Wildman–Crippen MR) is 112 cm³/mol. The Bertz CT molecular complexity index is 1100. The molecule has 0 saturated carbocycles. The molecule has 0 spiro atoms. The number of carbonyl (C=O) groups excluding carboxylic acids is 3. The highest BCUT2D eigenvalue weighted by Gasteiger charge is 2.57. The van der Waals surface area contributed by atoms with Crippen LogP contribution < -0.4 is 10.2 Å². The van der Waals surface area contributed by atoms with E-state index in [0.29, 0.717) is 16.8 Å². The summed E-state index contributed by atoms with van der Waals surface area (Å²) in [6.45, 7) is 1.13. The van der Waals surface area contributed by atoms with E-state index in [0.717, 1.165) is 12.5 Å². The number of fused-ring (bicyclic) bond motifs is 3. The van der Waals surface area contributed by atoms with Gasteiger partial charge < -0.3 is 15.0 Å². The fourth-order valence-electron chi connectivity index (χ4n) is 3.54. The van der Waals surface area contributed by atoms with Gasteiger partial charge in [-0.1, -0.05) is 42.5 Å². The summed E-state index contributed by atoms with van der Waals surface area (Å²) in [7, 11) is 1.54. The number of para-hydroxylation sites is 1. The largest absolute Gasteiger partial charge is 0.453 e. The van der Waals surface area contributed by atoms with Crippen molar-refractivity contribution in [3.8, 4) is 11.1 Å². The van der Waals surface area contributed by atoms with Crippen molar-refractivity contribution < 1.29 is 41.1 Å². The second-order valence-corrected chi connectivity index (χ2v) is 7.78. The molecule has 0 aromatic heterocycles. The van der Waals surface area contributed by atoms with Crippen LogP contribution in [0.25, 0.3) is 11.1 Å². The molecule has 0 fully saturated rings. The third-order valence-electron chi connectivity index (χ3n) is 5.43. The number of hydrogen-bond acceptors (Lipinski definition) is 4. The van der Waals surface area contributed by atoms with Gasteiger partial charge in [-0.2, -0.15) is 22.0 Å². The van der Waals surface area contributed by atoms with E-state index in [1.807, 2.05) is 6.07 Å². The molecule has 1 N–H and O–H groups in total. The number of anilines is 1. The summed E-state index contributed by atoms with van der Waals surface area (Å²) in [5.41, 5.74) is 2.55. The van der Waals surface area contributed by atoms with Crippen LogP contribution in [0.2, 0.25) is 0 Å². The van der Waals surface area contributed by atoms with Gasteiger partial charge in [0.25, 0.3) is 11.8 Å². The van der Waals surface area contributed by atoms with Gasteiger partial charge in [-0.25, -0.2) is 0 Å². The van der Waals surface area contributed by atoms with Crippen molar-refractivity contribution in [1.29, 1.82) is 0 Å². The molecular weight excluding hydrogens is 463 g/mol. The first kappa shape index (κ1) is 25.1. The average molecular weight is 484 g/mol. The van der Waals surface area contributed by atoms with E-state index in [1.165, 1.54) is 11.9 Å². The maximum atomic E-state index is 13.2. The minimum Gasteiger partial charge on any atom is -0.453 e. The number of nitrogens with zero attached hydrogens (tertiary/aromatic N) is 1. The number of nitrogens with one attached hydrogen (secondary N) is 1. The quantitative estimate of drug-likeness (QED) is 0.487. The third kappa shape index (κ3) is 5.02. The molecule has 2 aromatic carbocycles. The maximum absolute atomic E-state index is 13.2. The second-order valence-electron chi connectivity index (χ2n) is 7.78. The predicted octanol–water partition coefficient (Wildman–Crippen LogP) is 4.40. The van der Waals surface area contributed by atoms with Gasteiger partial charge in [0.2, 0.25) is 0 Å². The summed E-state index contributed by atoms with van der Waals surface area (Å²) in [5.74, 6) is -7.85. The van der Waals surface area contributed by atoms with Crippen LogP contribution in [0.1, 0.15) is 31.4 Å². The van der Waals surface area contributed by atoms with Crippen molar-refractivity contribution in [2.75, 3.05) is 11.9 Å². The molecule has 2 aromatic rings. The number of hydrogen-bond donors (Lipinski definition) is 1. The van der Waals surface area contributed by atoms with Crippen LogP contribution in [-0.4, -0.2) is 43.0 Å². The molecule has 3 rings (SSSR count). The highest BCUT2D eigenvalue weighted by atomic mass is 19.4. The zero-order valence-electron chi connectivity index (χ0n) is 18.2. The summed E-state index contributed by atoms with van der Waals surface area (Å²) in [6, 6.07) is 12.9. The first-order chi connectivity index (χ1) is 15.8. The smallest absolute Gasteiger partial charge is 0.453 e. The molecule has 0 bridgehead atoms. The molecule has 0 aliphatic carbocycles. The number of carbonyl (C=O) groups is 3. The molecule has 6 nitrogen and oxygen atoms in total. The van der Waals surface area contributed by atoms with E-state index in [2.05, 4.69) is 5.32 Å². The fraction of sp³-hybridized carbons (Fsp3) is 0.348. The van der Waals surface area contributed by atoms with Crippen molar-refractivity contribution in [3.63, 3.8) is 0 Å². The normalized spacial score (nSPS) is 16.7. The van der Waals surface area contributed by atoms with E-state index in [9.17, 15) is 36.3 Å². The minimum atomic E-state index is -5.80. The Labute approximate surface area is 191 Å². The first-order valence-corrected chi connectivity index (χ1v) is 10.2. The van der Waals surface area contributed by atoms with Gasteiger partial charge in [-0.15, -0.1) is 0 Å². The molecule has 1 aliphatic rings. The number of likely N-dealkylation sites (N-methyl/N-ethyl adjacent to an activating group) is 1. The van der Waals surface area contributed by atoms with E-state index < -0.39 is 54.9 Å². The van der Waals surface area contributed by atoms with Crippen LogP contribution in [0.3, 0.4) is 0 Å². The first-order valence-electron chi connectivity index (χ1n) is 10.2. The Morgan fingerprint density at radius 3 is 2.26 bits per heavy atom. The van der Waals surface area contributed by atoms with Crippen molar-refractivity contribution in [2.24, 2.45) is 0 Å². The summed E-state index contributed by atoms with van der Waals surface area (Å²) < 4.78 is 67.5. The molecule has 0 saturated heterocycles. The lowest BCUT2D eigenvalue weighted by molar-refractivity contribution is -0.284. The molecule has 0 unspecified atom stereocenters. The van der Waals surface area contributed by atoms with E-state index in [4.69, 9.17) is 4.74 Å². The molecule has 1 aliphatic heterocycles. The van der Waals surface area contributed by atoms with Gasteiger partial charge in [0.05, 0.1) is 12.1 Å². The van der Waals surface area contributed by atoms with Gasteiger partial charge in [-0.05, 0) is 24.1 Å². The molecule has 182 valence electrons. The Hall–Kier alpha value is -3.50. The van der Waals surface area contributed by atoms with Crippen LogP contribution in [0.5, 0.6) is 0 Å². The fourth-order valence-corrected chi connectivity index (χ4v) is 3.54. The minimum absolute atomic E-state index is 0.478. The summed E-state index contributed by atoms with van der Waals surface area (Å²) in [6.07, 6.45) is -10.4. The zero-order valence-corrected chi connectivity index (χ0v) is 18.2. The van der Waals surface area contributed by atoms with Gasteiger partial charge in [0, 0.05) is 19.0 Å². The van der Waals surface area contributed by atoms with Gasteiger partial charge in [0.1, 0.15) is 6.04 Å². The van der Waals surface area contributed by atoms with Crippen molar-refractivity contribution >= 4 is 23.5 Å². The number of halogens is 5. The zero-order chi connectivity index (χ0) is 25.3. The van der Waals surface area contributed by atoms with E-state index >= 15 is 0 Å². The van der Waals surface area contributed by atoms with Crippen molar-refractivity contribution in [2.45, 2.75) is 44.0 Å². The standard InChI is InChI=1S/C23H21F5N2O4/c1-13(34-18(31)11-12-22(24,25)23(26,27)28)20(32)29-19-16-9-4-3-7-14(16)15-8-5-6-10-17(15)30(2)21(19)33/h3-10,13,19H,11-12H2,1-2H3,(H,29,32)/t13-,19-/m0/s1. The SMILES string of the molecule is C[C@H](OC(=O)CCC(F)(F)C(F)(F)F)C(=O)N[C@@H]1C(=O)N(C)c2ccccc2-c2ccccc21. The summed E-state index contributed by atoms with van der Waals surface area (Å²) in [5, 5.41) is 2.50. The molecule has 1 heterocycles. The lowest BCUT2D eigenvalue weighted by atomic mass is 9.95. The Balaban J connectivity index is 1.74. The highest BCUT2D eigenvalue weighted by Crippen LogP contribution is 2.40. The number of amides is 2. The monoisotopic (exact) mass is 484 g/mol. The van der Waals surface area contributed by atoms with Gasteiger partial charge >= 0.3 is 18.1 Å². The molecule has 2 amide bonds. The number of esters is 1. The molecule has 0 radical (unpaired) electrons. The lowest BCUT2D eigenvalue weighted by Crippen LogP contribution is -2.45. The number of benzene rings is 2. The van der Waals surface area contributed by atoms with Crippen LogP contribution >= 0.6 is 0 Å². The molecule has 34 heavy (non-hydrogen) atoms. The Morgan fingerprint density at radius 1 is 1.03 bits per heavy atom. The van der Waals surface area contributed by atoms with Crippen molar-refractivity contribution in [1.82, 2.24) is 5.32 Å². The molecule has 2 atom stereocenters. The number of alkyl halides is 5. The molecule has 11 heteroatoms. The second kappa shape index (κ2) is 9.40. The Morgan fingerprint density at radius 2 is 1.62 bits per heavy atom. The van der Waals surface area contributed by atoms with Gasteiger partial charge in [0.15, 0.2) is 6.10 Å². The highest BCUT2D eigenvalue weighted by molar-refractivity contribution is 6.06. The summed E-state index contributed by atoms with van der Waals surface area (Å²) >= 11 is 0. The average Bonchev–Trinajstić information content (AvgIpc) is 2.87. The van der Waals surface area contributed by atoms with Crippen LogP contribution in [0.4, 0.5) is 27.6 Å². The molecular formula is C23H21F5N2O4. The number of ether oxygens (including phenoxy) is 1. The summed E-state index contributed by atoms with van der Waals surface area (Å²) in [4.78, 5) is 39.0. The lowest BCUT2D eigenvalue weighted by Gasteiger charge is -2.24. The van der Waals surface area contributed by atoms with Crippen LogP contribution in [0.15, 0.2) is 48.5 Å². The van der Waals surface area contributed by atoms with Crippen molar-refractivity contribution in [3.05, 3.63) is 54.1 Å². The van der Waals surface area contributed by atoms with E-state index in [-0.39, 0.29) is 0 Å². The third-order valence-corrected chi connectivity index (χ3v) is 5.43. The maximum Gasteiger partial charge on any atom is 0.453 e. The van der Waals surface area contributed by atoms with Crippen LogP contribution in [-0.2, 0) is 19.1 Å². The van der Waals surface area contributed by atoms with E-state index in [1.54, 1.807) is 42.5 Å². The topological polar surface area (TPSA) is 75.7 Å².